The molecule has 1 saturated heterocycles. The van der Waals surface area contributed by atoms with Crippen LogP contribution in [0.25, 0.3) is 0 Å². The molecule has 1 saturated carbocycles. The first-order valence-corrected chi connectivity index (χ1v) is 10.2. The molecule has 7 heteroatoms. The Hall–Kier alpha value is -1.73. The number of methoxy groups -OCH3 is 1. The predicted molar refractivity (Wildman–Crippen MR) is 101 cm³/mol. The molecule has 0 aromatic carbocycles. The summed E-state index contributed by atoms with van der Waals surface area (Å²) in [5.74, 6) is -1.03. The van der Waals surface area contributed by atoms with Crippen LogP contribution in [0.3, 0.4) is 0 Å². The van der Waals surface area contributed by atoms with Gasteiger partial charge in [0.05, 0.1) is 13.2 Å². The van der Waals surface area contributed by atoms with E-state index in [2.05, 4.69) is 4.74 Å². The maximum absolute atomic E-state index is 11.8. The molecule has 7 nitrogen and oxygen atoms in total. The van der Waals surface area contributed by atoms with E-state index in [-0.39, 0.29) is 42.3 Å². The summed E-state index contributed by atoms with van der Waals surface area (Å²) in [4.78, 5) is 34.4. The molecule has 0 aromatic heterocycles. The monoisotopic (exact) mass is 396 g/mol. The molecule has 0 bridgehead atoms. The number of ether oxygens (including phenoxy) is 4. The minimum atomic E-state index is -0.351. The summed E-state index contributed by atoms with van der Waals surface area (Å²) in [5.41, 5.74) is 0. The Morgan fingerprint density at radius 1 is 1.18 bits per heavy atom. The van der Waals surface area contributed by atoms with Gasteiger partial charge in [0.1, 0.15) is 12.4 Å². The average molecular weight is 396 g/mol. The molecule has 0 aromatic rings. The van der Waals surface area contributed by atoms with Gasteiger partial charge in [0.15, 0.2) is 6.29 Å². The normalized spacial score (nSPS) is 30.3. The average Bonchev–Trinajstić information content (AvgIpc) is 3.00. The van der Waals surface area contributed by atoms with Gasteiger partial charge in [-0.1, -0.05) is 12.2 Å². The van der Waals surface area contributed by atoms with Crippen LogP contribution in [0.15, 0.2) is 12.2 Å². The number of rotatable bonds is 10. The zero-order valence-corrected chi connectivity index (χ0v) is 16.8. The third kappa shape index (κ3) is 7.02. The predicted octanol–water partition coefficient (Wildman–Crippen LogP) is 2.95. The van der Waals surface area contributed by atoms with Crippen molar-refractivity contribution in [1.82, 2.24) is 0 Å². The third-order valence-corrected chi connectivity index (χ3v) is 5.36. The molecule has 1 aliphatic heterocycles. The molecule has 0 spiro atoms. The van der Waals surface area contributed by atoms with Crippen molar-refractivity contribution in [1.29, 1.82) is 0 Å². The number of aldehydes is 1. The second kappa shape index (κ2) is 12.0. The van der Waals surface area contributed by atoms with Gasteiger partial charge in [0.2, 0.25) is 0 Å². The second-order valence-electron chi connectivity index (χ2n) is 7.41. The van der Waals surface area contributed by atoms with Crippen molar-refractivity contribution in [3.8, 4) is 0 Å². The first kappa shape index (κ1) is 22.6. The lowest BCUT2D eigenvalue weighted by Gasteiger charge is -2.27. The van der Waals surface area contributed by atoms with E-state index in [4.69, 9.17) is 14.2 Å². The first-order chi connectivity index (χ1) is 13.5. The van der Waals surface area contributed by atoms with E-state index in [1.807, 2.05) is 12.2 Å². The van der Waals surface area contributed by atoms with Crippen LogP contribution in [0.2, 0.25) is 0 Å². The van der Waals surface area contributed by atoms with Crippen LogP contribution in [0.5, 0.6) is 0 Å². The topological polar surface area (TPSA) is 88.1 Å². The van der Waals surface area contributed by atoms with Crippen molar-refractivity contribution in [3.05, 3.63) is 12.2 Å². The van der Waals surface area contributed by atoms with Gasteiger partial charge in [-0.2, -0.15) is 0 Å². The second-order valence-corrected chi connectivity index (χ2v) is 7.41. The Morgan fingerprint density at radius 2 is 2.00 bits per heavy atom. The summed E-state index contributed by atoms with van der Waals surface area (Å²) in [6, 6.07) is 0. The fourth-order valence-corrected chi connectivity index (χ4v) is 3.93. The van der Waals surface area contributed by atoms with E-state index in [0.717, 1.165) is 32.0 Å². The maximum atomic E-state index is 11.8. The Kier molecular flexibility index (Phi) is 9.64. The number of carbonyl (C=O) groups excluding carboxylic acids is 3. The van der Waals surface area contributed by atoms with Gasteiger partial charge < -0.3 is 23.7 Å². The molecule has 2 fully saturated rings. The SMILES string of the molecule is COC(=O)CCC/C=C\CC1[C@@H](OC(C)=O)C[C@@H](OC2CCCCO2)[C@@H]1C=O. The standard InChI is InChI=1S/C21H32O7/c1-15(23)27-18-13-19(28-21-11-7-8-12-26-21)17(14-22)16(18)9-5-3-4-6-10-20(24)25-2/h3,5,14,16-19,21H,4,6-13H2,1-2H3/b5-3-/t16?,17-,18+,19-,21?/m1/s1. The number of esters is 2. The Morgan fingerprint density at radius 3 is 2.64 bits per heavy atom. The van der Waals surface area contributed by atoms with Gasteiger partial charge in [-0.25, -0.2) is 0 Å². The third-order valence-electron chi connectivity index (χ3n) is 5.36. The molecule has 5 atom stereocenters. The van der Waals surface area contributed by atoms with Crippen molar-refractivity contribution < 1.29 is 33.3 Å². The molecule has 0 N–H and O–H groups in total. The van der Waals surface area contributed by atoms with Gasteiger partial charge >= 0.3 is 11.9 Å². The van der Waals surface area contributed by atoms with Crippen LogP contribution in [0.4, 0.5) is 0 Å². The van der Waals surface area contributed by atoms with Crippen molar-refractivity contribution in [2.75, 3.05) is 13.7 Å². The molecule has 28 heavy (non-hydrogen) atoms. The number of hydrogen-bond donors (Lipinski definition) is 0. The number of carbonyl (C=O) groups is 3. The van der Waals surface area contributed by atoms with E-state index in [1.54, 1.807) is 0 Å². The molecule has 2 aliphatic rings. The number of hydrogen-bond acceptors (Lipinski definition) is 7. The van der Waals surface area contributed by atoms with Crippen LogP contribution in [0.1, 0.15) is 58.3 Å². The Bertz CT molecular complexity index is 539. The van der Waals surface area contributed by atoms with E-state index in [1.165, 1.54) is 14.0 Å². The van der Waals surface area contributed by atoms with E-state index in [0.29, 0.717) is 32.3 Å². The lowest BCUT2D eigenvalue weighted by atomic mass is 9.91. The fraction of sp³-hybridized carbons (Fsp3) is 0.762. The Balaban J connectivity index is 1.91. The van der Waals surface area contributed by atoms with Gasteiger partial charge in [-0.15, -0.1) is 0 Å². The van der Waals surface area contributed by atoms with Crippen LogP contribution in [-0.2, 0) is 33.3 Å². The molecule has 0 amide bonds. The molecule has 2 unspecified atom stereocenters. The lowest BCUT2D eigenvalue weighted by molar-refractivity contribution is -0.195. The van der Waals surface area contributed by atoms with Crippen LogP contribution in [0, 0.1) is 11.8 Å². The highest BCUT2D eigenvalue weighted by atomic mass is 16.7. The molecule has 2 rings (SSSR count). The molecule has 0 radical (unpaired) electrons. The number of unbranched alkanes of at least 4 members (excludes halogenated alkanes) is 1. The smallest absolute Gasteiger partial charge is 0.305 e. The van der Waals surface area contributed by atoms with Crippen molar-refractivity contribution in [2.45, 2.75) is 76.8 Å². The lowest BCUT2D eigenvalue weighted by Crippen LogP contribution is -2.32. The summed E-state index contributed by atoms with van der Waals surface area (Å²) in [6.45, 7) is 2.06. The zero-order chi connectivity index (χ0) is 20.4. The highest BCUT2D eigenvalue weighted by Crippen LogP contribution is 2.39. The number of allylic oxidation sites excluding steroid dienone is 2. The molecule has 1 heterocycles. The van der Waals surface area contributed by atoms with Gasteiger partial charge in [0.25, 0.3) is 0 Å². The minimum absolute atomic E-state index is 0.119. The fourth-order valence-electron chi connectivity index (χ4n) is 3.93. The zero-order valence-electron chi connectivity index (χ0n) is 16.8. The van der Waals surface area contributed by atoms with Gasteiger partial charge in [0, 0.05) is 38.2 Å². The molecule has 1 aliphatic carbocycles. The van der Waals surface area contributed by atoms with Crippen LogP contribution < -0.4 is 0 Å². The quantitative estimate of drug-likeness (QED) is 0.243. The largest absolute Gasteiger partial charge is 0.469 e. The van der Waals surface area contributed by atoms with Crippen molar-refractivity contribution in [2.24, 2.45) is 11.8 Å². The first-order valence-electron chi connectivity index (χ1n) is 10.2. The van der Waals surface area contributed by atoms with Crippen LogP contribution >= 0.6 is 0 Å². The Labute approximate surface area is 166 Å². The summed E-state index contributed by atoms with van der Waals surface area (Å²) >= 11 is 0. The van der Waals surface area contributed by atoms with Crippen molar-refractivity contribution >= 4 is 18.2 Å². The van der Waals surface area contributed by atoms with Gasteiger partial charge in [-0.3, -0.25) is 9.59 Å². The maximum Gasteiger partial charge on any atom is 0.305 e. The summed E-state index contributed by atoms with van der Waals surface area (Å²) in [5, 5.41) is 0. The molecular formula is C21H32O7. The van der Waals surface area contributed by atoms with E-state index >= 15 is 0 Å². The van der Waals surface area contributed by atoms with Crippen LogP contribution in [-0.4, -0.2) is 50.4 Å². The highest BCUT2D eigenvalue weighted by Gasteiger charge is 2.46. The summed E-state index contributed by atoms with van der Waals surface area (Å²) < 4.78 is 21.8. The van der Waals surface area contributed by atoms with Gasteiger partial charge in [-0.05, 0) is 38.5 Å². The summed E-state index contributed by atoms with van der Waals surface area (Å²) in [7, 11) is 1.38. The van der Waals surface area contributed by atoms with E-state index in [9.17, 15) is 14.4 Å². The summed E-state index contributed by atoms with van der Waals surface area (Å²) in [6.07, 6.45) is 9.85. The minimum Gasteiger partial charge on any atom is -0.469 e. The molecular weight excluding hydrogens is 364 g/mol. The highest BCUT2D eigenvalue weighted by molar-refractivity contribution is 5.69. The van der Waals surface area contributed by atoms with Crippen molar-refractivity contribution in [3.63, 3.8) is 0 Å². The molecule has 158 valence electrons. The van der Waals surface area contributed by atoms with E-state index < -0.39 is 0 Å².